The molecule has 2 aliphatic heterocycles. The van der Waals surface area contributed by atoms with E-state index < -0.39 is 0 Å². The Bertz CT molecular complexity index is 881. The van der Waals surface area contributed by atoms with Crippen molar-refractivity contribution in [2.75, 3.05) is 51.0 Å². The summed E-state index contributed by atoms with van der Waals surface area (Å²) < 4.78 is 11.0. The van der Waals surface area contributed by atoms with Gasteiger partial charge in [-0.05, 0) is 24.5 Å². The normalized spacial score (nSPS) is 17.5. The molecule has 30 heavy (non-hydrogen) atoms. The average molecular weight is 426 g/mol. The third-order valence-corrected chi connectivity index (χ3v) is 6.85. The molecule has 2 fully saturated rings. The van der Waals surface area contributed by atoms with Gasteiger partial charge in [-0.2, -0.15) is 5.26 Å². The summed E-state index contributed by atoms with van der Waals surface area (Å²) in [5.74, 6) is 0.0267. The molecule has 1 amide bonds. The zero-order valence-corrected chi connectivity index (χ0v) is 17.9. The summed E-state index contributed by atoms with van der Waals surface area (Å²) in [4.78, 5) is 18.5. The summed E-state index contributed by atoms with van der Waals surface area (Å²) >= 11 is 1.56. The van der Waals surface area contributed by atoms with Gasteiger partial charge in [-0.1, -0.05) is 30.3 Å². The number of carbonyl (C=O) groups excluding carboxylic acids is 1. The van der Waals surface area contributed by atoms with Gasteiger partial charge in [0.25, 0.3) is 5.91 Å². The van der Waals surface area contributed by atoms with Crippen LogP contribution in [-0.2, 0) is 9.47 Å². The van der Waals surface area contributed by atoms with Crippen molar-refractivity contribution in [1.82, 2.24) is 4.90 Å². The molecule has 0 N–H and O–H groups in total. The van der Waals surface area contributed by atoms with Gasteiger partial charge >= 0.3 is 0 Å². The number of rotatable bonds is 6. The van der Waals surface area contributed by atoms with Crippen molar-refractivity contribution in [3.63, 3.8) is 0 Å². The number of amides is 1. The fourth-order valence-electron chi connectivity index (χ4n) is 4.07. The maximum Gasteiger partial charge on any atom is 0.264 e. The fraction of sp³-hybridized carbons (Fsp3) is 0.478. The number of ether oxygens (including phenoxy) is 2. The molecule has 7 heteroatoms. The highest BCUT2D eigenvalue weighted by molar-refractivity contribution is 7.18. The minimum Gasteiger partial charge on any atom is -0.381 e. The Hall–Kier alpha value is -2.40. The van der Waals surface area contributed by atoms with Crippen molar-refractivity contribution in [2.24, 2.45) is 0 Å². The zero-order valence-electron chi connectivity index (χ0n) is 17.1. The third-order valence-electron chi connectivity index (χ3n) is 5.66. The molecule has 0 saturated carbocycles. The van der Waals surface area contributed by atoms with E-state index in [9.17, 15) is 4.79 Å². The molecule has 1 aromatic heterocycles. The summed E-state index contributed by atoms with van der Waals surface area (Å²) in [7, 11) is 0. The first-order valence-corrected chi connectivity index (χ1v) is 11.4. The highest BCUT2D eigenvalue weighted by Crippen LogP contribution is 2.40. The maximum absolute atomic E-state index is 13.6. The summed E-state index contributed by atoms with van der Waals surface area (Å²) in [5.41, 5.74) is 2.21. The van der Waals surface area contributed by atoms with E-state index in [0.717, 1.165) is 46.9 Å². The Morgan fingerprint density at radius 3 is 2.53 bits per heavy atom. The van der Waals surface area contributed by atoms with Gasteiger partial charge in [0.1, 0.15) is 0 Å². The summed E-state index contributed by atoms with van der Waals surface area (Å²) in [5, 5.41) is 10.2. The number of carbonyl (C=O) groups is 1. The number of benzene rings is 1. The molecule has 2 saturated heterocycles. The van der Waals surface area contributed by atoms with E-state index in [1.807, 2.05) is 29.2 Å². The van der Waals surface area contributed by atoms with Crippen molar-refractivity contribution in [1.29, 1.82) is 5.26 Å². The molecule has 158 valence electrons. The number of anilines is 1. The van der Waals surface area contributed by atoms with Crippen LogP contribution in [0, 0.1) is 11.3 Å². The van der Waals surface area contributed by atoms with Gasteiger partial charge < -0.3 is 19.3 Å². The number of thiophene rings is 1. The van der Waals surface area contributed by atoms with Crippen LogP contribution in [0.3, 0.4) is 0 Å². The second-order valence-electron chi connectivity index (χ2n) is 7.55. The molecule has 0 bridgehead atoms. The summed E-state index contributed by atoms with van der Waals surface area (Å²) in [6, 6.07) is 14.6. The van der Waals surface area contributed by atoms with Crippen LogP contribution >= 0.6 is 11.3 Å². The van der Waals surface area contributed by atoms with Gasteiger partial charge in [-0.25, -0.2) is 0 Å². The maximum atomic E-state index is 13.6. The highest BCUT2D eigenvalue weighted by Gasteiger charge is 2.29. The van der Waals surface area contributed by atoms with Crippen molar-refractivity contribution in [3.05, 3.63) is 41.3 Å². The van der Waals surface area contributed by atoms with Crippen molar-refractivity contribution in [3.8, 4) is 17.2 Å². The summed E-state index contributed by atoms with van der Waals surface area (Å²) in [6.07, 6.45) is 1.99. The lowest BCUT2D eigenvalue weighted by Crippen LogP contribution is -2.43. The predicted octanol–water partition coefficient (Wildman–Crippen LogP) is 3.79. The van der Waals surface area contributed by atoms with Gasteiger partial charge in [0.15, 0.2) is 0 Å². The first-order chi connectivity index (χ1) is 14.8. The highest BCUT2D eigenvalue weighted by atomic mass is 32.1. The van der Waals surface area contributed by atoms with Crippen LogP contribution in [0.2, 0.25) is 0 Å². The first-order valence-electron chi connectivity index (χ1n) is 10.6. The third kappa shape index (κ3) is 4.67. The molecular formula is C23H27N3O3S. The van der Waals surface area contributed by atoms with E-state index in [1.165, 1.54) is 0 Å². The first kappa shape index (κ1) is 20.9. The fourth-order valence-corrected chi connectivity index (χ4v) is 5.26. The molecule has 6 nitrogen and oxygen atoms in total. The Kier molecular flexibility index (Phi) is 7.00. The lowest BCUT2D eigenvalue weighted by atomic mass is 10.1. The summed E-state index contributed by atoms with van der Waals surface area (Å²) in [6.45, 7) is 4.85. The monoisotopic (exact) mass is 425 g/mol. The van der Waals surface area contributed by atoms with E-state index in [0.29, 0.717) is 39.4 Å². The topological polar surface area (TPSA) is 65.8 Å². The SMILES string of the molecule is N#CCCN(C(=O)c1cc(-c2ccccc2)c(N2CCOCC2)s1)C1CCOCC1. The Balaban J connectivity index is 1.67. The molecule has 2 aliphatic rings. The number of morpholine rings is 1. The Morgan fingerprint density at radius 2 is 1.83 bits per heavy atom. The smallest absolute Gasteiger partial charge is 0.264 e. The lowest BCUT2D eigenvalue weighted by Gasteiger charge is -2.33. The van der Waals surface area contributed by atoms with Crippen molar-refractivity contribution >= 4 is 22.2 Å². The van der Waals surface area contributed by atoms with Crippen LogP contribution in [0.4, 0.5) is 5.00 Å². The van der Waals surface area contributed by atoms with Crippen molar-refractivity contribution in [2.45, 2.75) is 25.3 Å². The Morgan fingerprint density at radius 1 is 1.13 bits per heavy atom. The molecule has 4 rings (SSSR count). The molecule has 0 radical (unpaired) electrons. The molecule has 0 spiro atoms. The number of nitrogens with zero attached hydrogens (tertiary/aromatic N) is 3. The van der Waals surface area contributed by atoms with E-state index in [1.54, 1.807) is 11.3 Å². The number of hydrogen-bond donors (Lipinski definition) is 0. The largest absolute Gasteiger partial charge is 0.381 e. The van der Waals surface area contributed by atoms with Crippen LogP contribution in [0.5, 0.6) is 0 Å². The van der Waals surface area contributed by atoms with Gasteiger partial charge in [0.05, 0.1) is 35.6 Å². The number of hydrogen-bond acceptors (Lipinski definition) is 6. The van der Waals surface area contributed by atoms with Gasteiger partial charge in [0.2, 0.25) is 0 Å². The van der Waals surface area contributed by atoms with Crippen molar-refractivity contribution < 1.29 is 14.3 Å². The van der Waals surface area contributed by atoms with Crippen LogP contribution in [0.25, 0.3) is 11.1 Å². The minimum atomic E-state index is 0.0267. The van der Waals surface area contributed by atoms with Gasteiger partial charge in [-0.15, -0.1) is 11.3 Å². The molecular weight excluding hydrogens is 398 g/mol. The second-order valence-corrected chi connectivity index (χ2v) is 8.58. The van der Waals surface area contributed by atoms with E-state index in [4.69, 9.17) is 14.7 Å². The van der Waals surface area contributed by atoms with Crippen LogP contribution in [0.15, 0.2) is 36.4 Å². The molecule has 3 heterocycles. The average Bonchev–Trinajstić information content (AvgIpc) is 3.27. The van der Waals surface area contributed by atoms with E-state index in [2.05, 4.69) is 23.1 Å². The molecule has 0 unspecified atom stereocenters. The number of nitriles is 1. The second kappa shape index (κ2) is 10.1. The molecule has 0 aliphatic carbocycles. The molecule has 2 aromatic rings. The molecule has 1 aromatic carbocycles. The van der Waals surface area contributed by atoms with Crippen LogP contribution in [-0.4, -0.2) is 62.9 Å². The van der Waals surface area contributed by atoms with Crippen LogP contribution in [0.1, 0.15) is 28.9 Å². The van der Waals surface area contributed by atoms with E-state index >= 15 is 0 Å². The van der Waals surface area contributed by atoms with Gasteiger partial charge in [0, 0.05) is 44.5 Å². The van der Waals surface area contributed by atoms with Gasteiger partial charge in [-0.3, -0.25) is 4.79 Å². The molecule has 0 atom stereocenters. The predicted molar refractivity (Wildman–Crippen MR) is 118 cm³/mol. The Labute approximate surface area is 181 Å². The lowest BCUT2D eigenvalue weighted by molar-refractivity contribution is 0.0299. The van der Waals surface area contributed by atoms with E-state index in [-0.39, 0.29) is 11.9 Å². The van der Waals surface area contributed by atoms with Crippen LogP contribution < -0.4 is 4.90 Å². The zero-order chi connectivity index (χ0) is 20.8. The quantitative estimate of drug-likeness (QED) is 0.705. The standard InChI is InChI=1S/C23H27N3O3S/c24-9-4-10-26(19-7-13-28-14-8-19)22(27)21-17-20(18-5-2-1-3-6-18)23(30-21)25-11-15-29-16-12-25/h1-3,5-6,17,19H,4,7-8,10-16H2. The minimum absolute atomic E-state index is 0.0267.